The van der Waals surface area contributed by atoms with E-state index in [1.165, 1.54) is 0 Å². The van der Waals surface area contributed by atoms with Gasteiger partial charge in [0.05, 0.1) is 12.0 Å². The van der Waals surface area contributed by atoms with Crippen LogP contribution in [0.25, 0.3) is 11.2 Å². The molecule has 1 amide bonds. The van der Waals surface area contributed by atoms with Crippen LogP contribution in [0.3, 0.4) is 0 Å². The van der Waals surface area contributed by atoms with Gasteiger partial charge in [-0.3, -0.25) is 14.7 Å². The quantitative estimate of drug-likeness (QED) is 0.603. The second-order valence-corrected chi connectivity index (χ2v) is 8.78. The van der Waals surface area contributed by atoms with Gasteiger partial charge in [-0.1, -0.05) is 41.9 Å². The molecule has 6 nitrogen and oxygen atoms in total. The molecule has 1 saturated carbocycles. The van der Waals surface area contributed by atoms with E-state index in [9.17, 15) is 9.90 Å². The van der Waals surface area contributed by atoms with E-state index >= 15 is 0 Å². The number of hydrogen-bond acceptors (Lipinski definition) is 4. The molecule has 2 heterocycles. The second kappa shape index (κ2) is 7.11. The highest BCUT2D eigenvalue weighted by Crippen LogP contribution is 2.43. The minimum Gasteiger partial charge on any atom is -0.385 e. The van der Waals surface area contributed by atoms with Crippen molar-refractivity contribution >= 4 is 34.6 Å². The zero-order valence-corrected chi connectivity index (χ0v) is 17.6. The smallest absolute Gasteiger partial charge is 0.229 e. The standard InChI is InChI=1S/C22H25ClN4O2/c1-14-12-16-19(26-18(14)23)27(21(2)10-7-11-21)20(24-16)25-17(28)13-22(3,29)15-8-5-4-6-9-15/h4-6,8-9,12,29H,7,10-11,13H2,1-3H3,(H,24,25,28)/t22-/m1/s1. The monoisotopic (exact) mass is 412 g/mol. The van der Waals surface area contributed by atoms with Crippen LogP contribution in [-0.4, -0.2) is 25.5 Å². The minimum absolute atomic E-state index is 0.0792. The molecule has 1 fully saturated rings. The number of nitrogens with one attached hydrogen (secondary N) is 1. The molecule has 4 rings (SSSR count). The van der Waals surface area contributed by atoms with Crippen molar-refractivity contribution < 1.29 is 9.90 Å². The Morgan fingerprint density at radius 2 is 2.00 bits per heavy atom. The van der Waals surface area contributed by atoms with E-state index < -0.39 is 5.60 Å². The molecule has 7 heteroatoms. The molecular weight excluding hydrogens is 388 g/mol. The number of aromatic nitrogens is 3. The van der Waals surface area contributed by atoms with E-state index in [1.807, 2.05) is 47.9 Å². The van der Waals surface area contributed by atoms with Crippen molar-refractivity contribution in [2.75, 3.05) is 5.32 Å². The van der Waals surface area contributed by atoms with Gasteiger partial charge in [-0.15, -0.1) is 0 Å². The number of fused-ring (bicyclic) bond motifs is 1. The lowest BCUT2D eigenvalue weighted by Crippen LogP contribution is -2.39. The maximum atomic E-state index is 12.8. The van der Waals surface area contributed by atoms with Crippen molar-refractivity contribution in [2.45, 2.75) is 57.6 Å². The molecule has 1 atom stereocenters. The Balaban J connectivity index is 1.67. The molecule has 0 aliphatic heterocycles. The molecule has 2 N–H and O–H groups in total. The van der Waals surface area contributed by atoms with E-state index in [4.69, 9.17) is 11.6 Å². The Morgan fingerprint density at radius 3 is 2.62 bits per heavy atom. The van der Waals surface area contributed by atoms with Crippen molar-refractivity contribution in [1.82, 2.24) is 14.5 Å². The number of aliphatic hydroxyl groups is 1. The fourth-order valence-electron chi connectivity index (χ4n) is 3.97. The Hall–Kier alpha value is -2.44. The summed E-state index contributed by atoms with van der Waals surface area (Å²) in [4.78, 5) is 22.0. The summed E-state index contributed by atoms with van der Waals surface area (Å²) in [5.41, 5.74) is 1.47. The van der Waals surface area contributed by atoms with Gasteiger partial charge >= 0.3 is 0 Å². The van der Waals surface area contributed by atoms with E-state index in [0.29, 0.717) is 27.8 Å². The first kappa shape index (κ1) is 19.9. The first-order valence-corrected chi connectivity index (χ1v) is 10.2. The van der Waals surface area contributed by atoms with Crippen LogP contribution in [0.4, 0.5) is 5.95 Å². The first-order valence-electron chi connectivity index (χ1n) is 9.83. The zero-order chi connectivity index (χ0) is 20.8. The zero-order valence-electron chi connectivity index (χ0n) is 16.9. The van der Waals surface area contributed by atoms with Crippen LogP contribution in [0.1, 0.15) is 50.7 Å². The second-order valence-electron chi connectivity index (χ2n) is 8.42. The summed E-state index contributed by atoms with van der Waals surface area (Å²) >= 11 is 6.27. The van der Waals surface area contributed by atoms with Gasteiger partial charge in [0, 0.05) is 5.54 Å². The molecule has 3 aromatic rings. The van der Waals surface area contributed by atoms with Crippen LogP contribution in [0.5, 0.6) is 0 Å². The van der Waals surface area contributed by atoms with E-state index in [2.05, 4.69) is 22.2 Å². The van der Waals surface area contributed by atoms with E-state index in [0.717, 1.165) is 24.8 Å². The van der Waals surface area contributed by atoms with E-state index in [1.54, 1.807) is 6.92 Å². The minimum atomic E-state index is -1.28. The molecule has 0 unspecified atom stereocenters. The highest BCUT2D eigenvalue weighted by atomic mass is 35.5. The summed E-state index contributed by atoms with van der Waals surface area (Å²) in [6, 6.07) is 11.1. The van der Waals surface area contributed by atoms with Crippen molar-refractivity contribution in [2.24, 2.45) is 0 Å². The number of imidazole rings is 1. The number of halogens is 1. The Kier molecular flexibility index (Phi) is 4.87. The fraction of sp³-hybridized carbons (Fsp3) is 0.409. The number of hydrogen-bond donors (Lipinski definition) is 2. The molecule has 0 saturated heterocycles. The summed E-state index contributed by atoms with van der Waals surface area (Å²) in [6.07, 6.45) is 3.00. The average Bonchev–Trinajstić information content (AvgIpc) is 2.97. The number of carbonyl (C=O) groups excluding carboxylic acids is 1. The van der Waals surface area contributed by atoms with Crippen molar-refractivity contribution in [3.8, 4) is 0 Å². The third kappa shape index (κ3) is 3.63. The Morgan fingerprint density at radius 1 is 1.31 bits per heavy atom. The number of anilines is 1. The predicted molar refractivity (Wildman–Crippen MR) is 114 cm³/mol. The molecule has 1 aliphatic rings. The van der Waals surface area contributed by atoms with Crippen LogP contribution in [0.2, 0.25) is 5.15 Å². The number of aryl methyl sites for hydroxylation is 1. The Labute approximate surface area is 174 Å². The number of amides is 1. The fourth-order valence-corrected chi connectivity index (χ4v) is 4.10. The van der Waals surface area contributed by atoms with Gasteiger partial charge in [-0.2, -0.15) is 0 Å². The molecule has 1 aliphatic carbocycles. The number of nitrogens with zero attached hydrogens (tertiary/aromatic N) is 3. The van der Waals surface area contributed by atoms with Gasteiger partial charge in [-0.25, -0.2) is 9.97 Å². The molecule has 29 heavy (non-hydrogen) atoms. The average molecular weight is 413 g/mol. The molecule has 0 bridgehead atoms. The van der Waals surface area contributed by atoms with Crippen LogP contribution in [0, 0.1) is 6.92 Å². The van der Waals surface area contributed by atoms with Crippen molar-refractivity contribution in [3.05, 3.63) is 52.7 Å². The summed E-state index contributed by atoms with van der Waals surface area (Å²) in [7, 11) is 0. The molecule has 1 aromatic carbocycles. The summed E-state index contributed by atoms with van der Waals surface area (Å²) in [5, 5.41) is 14.2. The van der Waals surface area contributed by atoms with Crippen LogP contribution in [-0.2, 0) is 15.9 Å². The van der Waals surface area contributed by atoms with Gasteiger partial charge in [0.15, 0.2) is 5.65 Å². The molecule has 0 spiro atoms. The summed E-state index contributed by atoms with van der Waals surface area (Å²) < 4.78 is 1.99. The maximum Gasteiger partial charge on any atom is 0.229 e. The highest BCUT2D eigenvalue weighted by molar-refractivity contribution is 6.30. The molecule has 152 valence electrons. The van der Waals surface area contributed by atoms with Gasteiger partial charge in [0.1, 0.15) is 10.7 Å². The lowest BCUT2D eigenvalue weighted by molar-refractivity contribution is -0.120. The van der Waals surface area contributed by atoms with Gasteiger partial charge in [-0.05, 0) is 57.2 Å². The number of rotatable bonds is 5. The van der Waals surface area contributed by atoms with Crippen LogP contribution >= 0.6 is 11.6 Å². The third-order valence-electron chi connectivity index (χ3n) is 5.88. The highest BCUT2D eigenvalue weighted by Gasteiger charge is 2.38. The topological polar surface area (TPSA) is 80.0 Å². The van der Waals surface area contributed by atoms with Crippen LogP contribution in [0.15, 0.2) is 36.4 Å². The van der Waals surface area contributed by atoms with Gasteiger partial charge in [0.2, 0.25) is 11.9 Å². The number of pyridine rings is 1. The van der Waals surface area contributed by atoms with Gasteiger partial charge in [0.25, 0.3) is 0 Å². The molecule has 0 radical (unpaired) electrons. The first-order chi connectivity index (χ1) is 13.7. The van der Waals surface area contributed by atoms with E-state index in [-0.39, 0.29) is 17.9 Å². The largest absolute Gasteiger partial charge is 0.385 e. The van der Waals surface area contributed by atoms with Crippen molar-refractivity contribution in [3.63, 3.8) is 0 Å². The van der Waals surface area contributed by atoms with Crippen LogP contribution < -0.4 is 5.32 Å². The number of carbonyl (C=O) groups is 1. The summed E-state index contributed by atoms with van der Waals surface area (Å²) in [6.45, 7) is 5.67. The summed E-state index contributed by atoms with van der Waals surface area (Å²) in [5.74, 6) is 0.145. The Bertz CT molecular complexity index is 1070. The predicted octanol–water partition coefficient (Wildman–Crippen LogP) is 4.53. The van der Waals surface area contributed by atoms with Gasteiger partial charge < -0.3 is 5.11 Å². The normalized spacial score (nSPS) is 17.6. The number of benzene rings is 1. The SMILES string of the molecule is Cc1cc2nc(NC(=O)C[C@@](C)(O)c3ccccc3)n(C3(C)CCC3)c2nc1Cl. The third-order valence-corrected chi connectivity index (χ3v) is 6.27. The lowest BCUT2D eigenvalue weighted by atomic mass is 9.78. The maximum absolute atomic E-state index is 12.8. The molecular formula is C22H25ClN4O2. The van der Waals surface area contributed by atoms with Crippen molar-refractivity contribution in [1.29, 1.82) is 0 Å². The lowest BCUT2D eigenvalue weighted by Gasteiger charge is -2.40. The molecule has 2 aromatic heterocycles.